The molecule has 1 heterocycles. The van der Waals surface area contributed by atoms with Crippen LogP contribution in [0.3, 0.4) is 0 Å². The fourth-order valence-corrected chi connectivity index (χ4v) is 1.44. The second-order valence-corrected chi connectivity index (χ2v) is 2.94. The van der Waals surface area contributed by atoms with Crippen LogP contribution >= 0.6 is 0 Å². The molecule has 2 rings (SSSR count). The van der Waals surface area contributed by atoms with Crippen molar-refractivity contribution in [1.82, 2.24) is 0 Å². The minimum absolute atomic E-state index is 0.561. The zero-order valence-corrected chi connectivity index (χ0v) is 6.81. The van der Waals surface area contributed by atoms with Crippen LogP contribution in [0, 0.1) is 0 Å². The smallest absolute Gasteiger partial charge is 0.346 e. The number of aliphatic carboxylic acids is 1. The van der Waals surface area contributed by atoms with E-state index in [1.807, 2.05) is 6.07 Å². The lowest BCUT2D eigenvalue weighted by atomic mass is 10.1. The molecule has 0 aliphatic carbocycles. The molecule has 1 aliphatic rings. The summed E-state index contributed by atoms with van der Waals surface area (Å²) >= 11 is 0. The molecule has 2 unspecified atom stereocenters. The van der Waals surface area contributed by atoms with Gasteiger partial charge < -0.3 is 15.6 Å². The topological polar surface area (TPSA) is 72.5 Å². The SMILES string of the molecule is NC1c2ccccc2OC1C(=O)O. The van der Waals surface area contributed by atoms with Crippen LogP contribution in [0.5, 0.6) is 5.75 Å². The first-order chi connectivity index (χ1) is 6.20. The lowest BCUT2D eigenvalue weighted by Gasteiger charge is -2.08. The summed E-state index contributed by atoms with van der Waals surface area (Å²) in [6, 6.07) is 6.54. The lowest BCUT2D eigenvalue weighted by Crippen LogP contribution is -2.33. The average Bonchev–Trinajstić information content (AvgIpc) is 2.45. The van der Waals surface area contributed by atoms with Crippen molar-refractivity contribution >= 4 is 5.97 Å². The number of rotatable bonds is 1. The van der Waals surface area contributed by atoms with E-state index in [0.717, 1.165) is 5.56 Å². The summed E-state index contributed by atoms with van der Waals surface area (Å²) in [6.45, 7) is 0. The van der Waals surface area contributed by atoms with E-state index in [-0.39, 0.29) is 0 Å². The van der Waals surface area contributed by atoms with Gasteiger partial charge in [-0.05, 0) is 6.07 Å². The van der Waals surface area contributed by atoms with E-state index in [1.54, 1.807) is 18.2 Å². The molecule has 4 nitrogen and oxygen atoms in total. The number of carboxylic acids is 1. The molecule has 13 heavy (non-hydrogen) atoms. The van der Waals surface area contributed by atoms with Gasteiger partial charge in [-0.25, -0.2) is 4.79 Å². The Kier molecular flexibility index (Phi) is 1.70. The highest BCUT2D eigenvalue weighted by atomic mass is 16.5. The minimum Gasteiger partial charge on any atom is -0.478 e. The Morgan fingerprint density at radius 3 is 2.77 bits per heavy atom. The van der Waals surface area contributed by atoms with Crippen molar-refractivity contribution < 1.29 is 14.6 Å². The molecule has 1 aliphatic heterocycles. The van der Waals surface area contributed by atoms with E-state index in [4.69, 9.17) is 15.6 Å². The summed E-state index contributed by atoms with van der Waals surface area (Å²) in [5, 5.41) is 8.75. The Morgan fingerprint density at radius 2 is 2.15 bits per heavy atom. The number of hydrogen-bond acceptors (Lipinski definition) is 3. The monoisotopic (exact) mass is 179 g/mol. The molecular formula is C9H9NO3. The van der Waals surface area contributed by atoms with Crippen LogP contribution in [0.15, 0.2) is 24.3 Å². The standard InChI is InChI=1S/C9H9NO3/c10-7-5-3-1-2-4-6(5)13-8(7)9(11)12/h1-4,7-8H,10H2,(H,11,12). The fraction of sp³-hybridized carbons (Fsp3) is 0.222. The summed E-state index contributed by atoms with van der Waals surface area (Å²) < 4.78 is 5.16. The van der Waals surface area contributed by atoms with Crippen LogP contribution < -0.4 is 10.5 Å². The third kappa shape index (κ3) is 1.15. The van der Waals surface area contributed by atoms with Crippen molar-refractivity contribution in [3.05, 3.63) is 29.8 Å². The molecule has 3 N–H and O–H groups in total. The Hall–Kier alpha value is -1.55. The highest BCUT2D eigenvalue weighted by Crippen LogP contribution is 2.34. The summed E-state index contributed by atoms with van der Waals surface area (Å²) in [6.07, 6.45) is -0.947. The predicted molar refractivity (Wildman–Crippen MR) is 45.4 cm³/mol. The van der Waals surface area contributed by atoms with Gasteiger partial charge in [0.25, 0.3) is 0 Å². The van der Waals surface area contributed by atoms with Gasteiger partial charge in [-0.2, -0.15) is 0 Å². The molecule has 1 aromatic rings. The van der Waals surface area contributed by atoms with Crippen LogP contribution in [0.25, 0.3) is 0 Å². The van der Waals surface area contributed by atoms with Crippen molar-refractivity contribution in [3.63, 3.8) is 0 Å². The third-order valence-corrected chi connectivity index (χ3v) is 2.10. The number of hydrogen-bond donors (Lipinski definition) is 2. The number of para-hydroxylation sites is 1. The number of ether oxygens (including phenoxy) is 1. The fourth-order valence-electron chi connectivity index (χ4n) is 1.44. The van der Waals surface area contributed by atoms with Crippen molar-refractivity contribution in [1.29, 1.82) is 0 Å². The van der Waals surface area contributed by atoms with E-state index < -0.39 is 18.1 Å². The lowest BCUT2D eigenvalue weighted by molar-refractivity contribution is -0.145. The van der Waals surface area contributed by atoms with E-state index in [9.17, 15) is 4.79 Å². The zero-order valence-electron chi connectivity index (χ0n) is 6.81. The highest BCUT2D eigenvalue weighted by molar-refractivity contribution is 5.75. The highest BCUT2D eigenvalue weighted by Gasteiger charge is 2.36. The number of nitrogens with two attached hydrogens (primary N) is 1. The molecule has 0 fully saturated rings. The summed E-state index contributed by atoms with van der Waals surface area (Å²) in [5.74, 6) is -0.453. The van der Waals surface area contributed by atoms with Gasteiger partial charge in [0.1, 0.15) is 5.75 Å². The maximum absolute atomic E-state index is 10.7. The Bertz CT molecular complexity index is 350. The predicted octanol–water partition coefficient (Wildman–Crippen LogP) is 0.532. The first-order valence-electron chi connectivity index (χ1n) is 3.94. The zero-order chi connectivity index (χ0) is 9.42. The molecule has 0 spiro atoms. The van der Waals surface area contributed by atoms with E-state index in [0.29, 0.717) is 5.75 Å². The minimum atomic E-state index is -1.02. The van der Waals surface area contributed by atoms with Gasteiger partial charge >= 0.3 is 5.97 Å². The van der Waals surface area contributed by atoms with Gasteiger partial charge in [-0.3, -0.25) is 0 Å². The van der Waals surface area contributed by atoms with Crippen LogP contribution in [-0.2, 0) is 4.79 Å². The van der Waals surface area contributed by atoms with Crippen LogP contribution in [0.4, 0.5) is 0 Å². The maximum Gasteiger partial charge on any atom is 0.346 e. The molecule has 0 aromatic heterocycles. The largest absolute Gasteiger partial charge is 0.478 e. The first-order valence-corrected chi connectivity index (χ1v) is 3.94. The maximum atomic E-state index is 10.7. The molecule has 0 amide bonds. The molecule has 0 saturated carbocycles. The molecule has 68 valence electrons. The van der Waals surface area contributed by atoms with Gasteiger partial charge in [0.15, 0.2) is 0 Å². The van der Waals surface area contributed by atoms with Crippen molar-refractivity contribution in [2.24, 2.45) is 5.73 Å². The quantitative estimate of drug-likeness (QED) is 0.659. The number of fused-ring (bicyclic) bond motifs is 1. The molecule has 0 saturated heterocycles. The van der Waals surface area contributed by atoms with Gasteiger partial charge in [0.2, 0.25) is 6.10 Å². The van der Waals surface area contributed by atoms with Gasteiger partial charge in [-0.15, -0.1) is 0 Å². The van der Waals surface area contributed by atoms with Crippen LogP contribution in [0.1, 0.15) is 11.6 Å². The normalized spacial score (nSPS) is 25.0. The molecule has 1 aromatic carbocycles. The molecule has 2 atom stereocenters. The van der Waals surface area contributed by atoms with Crippen molar-refractivity contribution in [3.8, 4) is 5.75 Å². The molecule has 4 heteroatoms. The summed E-state index contributed by atoms with van der Waals surface area (Å²) in [7, 11) is 0. The van der Waals surface area contributed by atoms with Crippen molar-refractivity contribution in [2.45, 2.75) is 12.1 Å². The van der Waals surface area contributed by atoms with Gasteiger partial charge in [0, 0.05) is 5.56 Å². The number of benzene rings is 1. The van der Waals surface area contributed by atoms with E-state index in [1.165, 1.54) is 0 Å². The second kappa shape index (κ2) is 2.74. The summed E-state index contributed by atoms with van der Waals surface area (Å²) in [5.41, 5.74) is 6.44. The second-order valence-electron chi connectivity index (χ2n) is 2.94. The number of carbonyl (C=O) groups is 1. The van der Waals surface area contributed by atoms with Crippen LogP contribution in [0.2, 0.25) is 0 Å². The number of carboxylic acid groups (broad SMARTS) is 1. The van der Waals surface area contributed by atoms with Gasteiger partial charge in [0.05, 0.1) is 6.04 Å². The van der Waals surface area contributed by atoms with E-state index >= 15 is 0 Å². The first kappa shape index (κ1) is 8.07. The molecule has 0 bridgehead atoms. The molecular weight excluding hydrogens is 170 g/mol. The van der Waals surface area contributed by atoms with Crippen LogP contribution in [-0.4, -0.2) is 17.2 Å². The Balaban J connectivity index is 2.38. The van der Waals surface area contributed by atoms with Crippen molar-refractivity contribution in [2.75, 3.05) is 0 Å². The Labute approximate surface area is 74.9 Å². The summed E-state index contributed by atoms with van der Waals surface area (Å²) in [4.78, 5) is 10.7. The average molecular weight is 179 g/mol. The molecule has 0 radical (unpaired) electrons. The Morgan fingerprint density at radius 1 is 1.46 bits per heavy atom. The van der Waals surface area contributed by atoms with Gasteiger partial charge in [-0.1, -0.05) is 18.2 Å². The van der Waals surface area contributed by atoms with E-state index in [2.05, 4.69) is 0 Å². The third-order valence-electron chi connectivity index (χ3n) is 2.10.